The molecule has 0 aromatic heterocycles. The minimum absolute atomic E-state index is 0.00594. The second-order valence-electron chi connectivity index (χ2n) is 5.93. The fourth-order valence-corrected chi connectivity index (χ4v) is 2.23. The first-order chi connectivity index (χ1) is 11.0. The molecule has 0 saturated heterocycles. The van der Waals surface area contributed by atoms with Gasteiger partial charge in [0.1, 0.15) is 0 Å². The molecule has 1 unspecified atom stereocenters. The summed E-state index contributed by atoms with van der Waals surface area (Å²) in [5.41, 5.74) is 2.51. The number of nitrogens with one attached hydrogen (secondary N) is 3. The topological polar surface area (TPSA) is 65.5 Å². The largest absolute Gasteiger partial charge is 0.357 e. The van der Waals surface area contributed by atoms with Crippen LogP contribution in [0.15, 0.2) is 29.3 Å². The molecule has 1 atom stereocenters. The maximum Gasteiger partial charge on any atom is 0.222 e. The zero-order valence-corrected chi connectivity index (χ0v) is 14.9. The second kappa shape index (κ2) is 9.87. The molecule has 5 heteroatoms. The SMILES string of the molecule is CCNC(=NCCNC(=O)C(C)C)NC(C)c1ccccc1C. The van der Waals surface area contributed by atoms with Crippen LogP contribution in [0.1, 0.15) is 44.9 Å². The molecule has 0 saturated carbocycles. The molecule has 128 valence electrons. The summed E-state index contributed by atoms with van der Waals surface area (Å²) in [4.78, 5) is 16.0. The van der Waals surface area contributed by atoms with Gasteiger partial charge in [0.2, 0.25) is 5.91 Å². The number of amides is 1. The van der Waals surface area contributed by atoms with Crippen molar-refractivity contribution < 1.29 is 4.79 Å². The lowest BCUT2D eigenvalue weighted by atomic mass is 10.0. The van der Waals surface area contributed by atoms with Crippen molar-refractivity contribution in [2.75, 3.05) is 19.6 Å². The van der Waals surface area contributed by atoms with E-state index in [1.165, 1.54) is 11.1 Å². The fraction of sp³-hybridized carbons (Fsp3) is 0.556. The van der Waals surface area contributed by atoms with Crippen LogP contribution in [0.25, 0.3) is 0 Å². The van der Waals surface area contributed by atoms with Gasteiger partial charge in [0.05, 0.1) is 12.6 Å². The van der Waals surface area contributed by atoms with Crippen LogP contribution in [0.5, 0.6) is 0 Å². The van der Waals surface area contributed by atoms with Crippen LogP contribution in [0.4, 0.5) is 0 Å². The van der Waals surface area contributed by atoms with E-state index in [0.717, 1.165) is 12.5 Å². The highest BCUT2D eigenvalue weighted by Gasteiger charge is 2.10. The number of nitrogens with zero attached hydrogens (tertiary/aromatic N) is 1. The van der Waals surface area contributed by atoms with Gasteiger partial charge in [-0.1, -0.05) is 38.1 Å². The van der Waals surface area contributed by atoms with Gasteiger partial charge in [-0.05, 0) is 31.9 Å². The molecule has 5 nitrogen and oxygen atoms in total. The monoisotopic (exact) mass is 318 g/mol. The quantitative estimate of drug-likeness (QED) is 0.411. The predicted molar refractivity (Wildman–Crippen MR) is 96.6 cm³/mol. The van der Waals surface area contributed by atoms with Crippen molar-refractivity contribution in [3.05, 3.63) is 35.4 Å². The molecule has 0 aliphatic rings. The zero-order valence-electron chi connectivity index (χ0n) is 14.9. The second-order valence-corrected chi connectivity index (χ2v) is 5.93. The van der Waals surface area contributed by atoms with Crippen molar-refractivity contribution in [2.45, 2.75) is 40.7 Å². The van der Waals surface area contributed by atoms with Gasteiger partial charge < -0.3 is 16.0 Å². The van der Waals surface area contributed by atoms with Crippen molar-refractivity contribution in [3.8, 4) is 0 Å². The van der Waals surface area contributed by atoms with E-state index in [1.54, 1.807) is 0 Å². The summed E-state index contributed by atoms with van der Waals surface area (Å²) in [5, 5.41) is 9.52. The minimum atomic E-state index is 0.00594. The summed E-state index contributed by atoms with van der Waals surface area (Å²) in [5.74, 6) is 0.833. The van der Waals surface area contributed by atoms with Crippen LogP contribution in [0.2, 0.25) is 0 Å². The van der Waals surface area contributed by atoms with Crippen molar-refractivity contribution >= 4 is 11.9 Å². The number of aryl methyl sites for hydroxylation is 1. The molecular weight excluding hydrogens is 288 g/mol. The number of carbonyl (C=O) groups is 1. The van der Waals surface area contributed by atoms with E-state index in [0.29, 0.717) is 13.1 Å². The van der Waals surface area contributed by atoms with Gasteiger partial charge >= 0.3 is 0 Å². The summed E-state index contributed by atoms with van der Waals surface area (Å²) < 4.78 is 0. The Balaban J connectivity index is 2.58. The summed E-state index contributed by atoms with van der Waals surface area (Å²) in [6.45, 7) is 11.9. The number of guanidine groups is 1. The van der Waals surface area contributed by atoms with E-state index in [1.807, 2.05) is 32.9 Å². The summed E-state index contributed by atoms with van der Waals surface area (Å²) >= 11 is 0. The average Bonchev–Trinajstić information content (AvgIpc) is 2.51. The third-order valence-electron chi connectivity index (χ3n) is 3.56. The number of aliphatic imine (C=N–C) groups is 1. The fourth-order valence-electron chi connectivity index (χ4n) is 2.23. The van der Waals surface area contributed by atoms with E-state index in [2.05, 4.69) is 46.9 Å². The van der Waals surface area contributed by atoms with Crippen LogP contribution >= 0.6 is 0 Å². The summed E-state index contributed by atoms with van der Waals surface area (Å²) in [7, 11) is 0. The van der Waals surface area contributed by atoms with Crippen LogP contribution in [-0.2, 0) is 4.79 Å². The van der Waals surface area contributed by atoms with E-state index >= 15 is 0 Å². The number of rotatable bonds is 7. The molecule has 1 amide bonds. The Morgan fingerprint density at radius 2 is 1.87 bits per heavy atom. The Morgan fingerprint density at radius 3 is 2.48 bits per heavy atom. The number of hydrogen-bond acceptors (Lipinski definition) is 2. The van der Waals surface area contributed by atoms with Crippen molar-refractivity contribution in [1.29, 1.82) is 0 Å². The zero-order chi connectivity index (χ0) is 17.2. The van der Waals surface area contributed by atoms with Gasteiger partial charge in [-0.2, -0.15) is 0 Å². The molecule has 23 heavy (non-hydrogen) atoms. The number of carbonyl (C=O) groups excluding carboxylic acids is 1. The van der Waals surface area contributed by atoms with Crippen molar-refractivity contribution in [2.24, 2.45) is 10.9 Å². The molecule has 0 radical (unpaired) electrons. The first-order valence-electron chi connectivity index (χ1n) is 8.33. The molecule has 0 bridgehead atoms. The van der Waals surface area contributed by atoms with E-state index < -0.39 is 0 Å². The molecule has 1 aromatic rings. The maximum atomic E-state index is 11.5. The Morgan fingerprint density at radius 1 is 1.17 bits per heavy atom. The Hall–Kier alpha value is -2.04. The van der Waals surface area contributed by atoms with Crippen LogP contribution in [0, 0.1) is 12.8 Å². The van der Waals surface area contributed by atoms with E-state index in [-0.39, 0.29) is 17.9 Å². The lowest BCUT2D eigenvalue weighted by Crippen LogP contribution is -2.39. The predicted octanol–water partition coefficient (Wildman–Crippen LogP) is 2.38. The molecule has 0 spiro atoms. The molecule has 0 aliphatic heterocycles. The molecule has 3 N–H and O–H groups in total. The van der Waals surface area contributed by atoms with Gasteiger partial charge in [-0.15, -0.1) is 0 Å². The van der Waals surface area contributed by atoms with Crippen molar-refractivity contribution in [1.82, 2.24) is 16.0 Å². The normalized spacial score (nSPS) is 12.9. The van der Waals surface area contributed by atoms with Gasteiger partial charge in [0.15, 0.2) is 5.96 Å². The first-order valence-corrected chi connectivity index (χ1v) is 8.33. The molecule has 1 aromatic carbocycles. The molecule has 0 aliphatic carbocycles. The van der Waals surface area contributed by atoms with Crippen LogP contribution in [-0.4, -0.2) is 31.5 Å². The summed E-state index contributed by atoms with van der Waals surface area (Å²) in [6.07, 6.45) is 0. The molecule has 1 rings (SSSR count). The molecule has 0 fully saturated rings. The highest BCUT2D eigenvalue weighted by Crippen LogP contribution is 2.16. The standard InChI is InChI=1S/C18H30N4O/c1-6-19-18(21-12-11-20-17(23)13(2)3)22-15(5)16-10-8-7-9-14(16)4/h7-10,13,15H,6,11-12H2,1-5H3,(H,20,23)(H2,19,21,22). The third kappa shape index (κ3) is 6.72. The van der Waals surface area contributed by atoms with Crippen molar-refractivity contribution in [3.63, 3.8) is 0 Å². The Kier molecular flexibility index (Phi) is 8.16. The molecule has 0 heterocycles. The van der Waals surface area contributed by atoms with Crippen LogP contribution in [0.3, 0.4) is 0 Å². The lowest BCUT2D eigenvalue weighted by Gasteiger charge is -2.19. The van der Waals surface area contributed by atoms with E-state index in [9.17, 15) is 4.79 Å². The lowest BCUT2D eigenvalue weighted by molar-refractivity contribution is -0.123. The third-order valence-corrected chi connectivity index (χ3v) is 3.56. The smallest absolute Gasteiger partial charge is 0.222 e. The summed E-state index contributed by atoms with van der Waals surface area (Å²) in [6, 6.07) is 8.49. The van der Waals surface area contributed by atoms with Gasteiger partial charge in [0, 0.05) is 19.0 Å². The van der Waals surface area contributed by atoms with Gasteiger partial charge in [-0.3, -0.25) is 9.79 Å². The van der Waals surface area contributed by atoms with E-state index in [4.69, 9.17) is 0 Å². The number of benzene rings is 1. The maximum absolute atomic E-state index is 11.5. The highest BCUT2D eigenvalue weighted by atomic mass is 16.1. The first kappa shape index (κ1) is 19.0. The molecular formula is C18H30N4O. The minimum Gasteiger partial charge on any atom is -0.357 e. The highest BCUT2D eigenvalue weighted by molar-refractivity contribution is 5.80. The average molecular weight is 318 g/mol. The number of hydrogen-bond donors (Lipinski definition) is 3. The Bertz CT molecular complexity index is 526. The Labute approximate surface area is 140 Å². The van der Waals surface area contributed by atoms with Crippen LogP contribution < -0.4 is 16.0 Å². The van der Waals surface area contributed by atoms with Gasteiger partial charge in [0.25, 0.3) is 0 Å². The van der Waals surface area contributed by atoms with Gasteiger partial charge in [-0.25, -0.2) is 0 Å².